The van der Waals surface area contributed by atoms with Gasteiger partial charge in [-0.1, -0.05) is 24.6 Å². The number of nitrogens with one attached hydrogen (secondary N) is 1. The van der Waals surface area contributed by atoms with E-state index in [9.17, 15) is 4.79 Å². The predicted molar refractivity (Wildman–Crippen MR) is 77.0 cm³/mol. The van der Waals surface area contributed by atoms with E-state index in [-0.39, 0.29) is 11.5 Å². The first-order valence-corrected chi connectivity index (χ1v) is 6.84. The zero-order valence-corrected chi connectivity index (χ0v) is 11.7. The van der Waals surface area contributed by atoms with Crippen LogP contribution in [0.5, 0.6) is 0 Å². The molecular formula is C16H20N2O. The highest BCUT2D eigenvalue weighted by atomic mass is 16.1. The summed E-state index contributed by atoms with van der Waals surface area (Å²) in [6.07, 6.45) is 5.28. The molecule has 0 unspecified atom stereocenters. The fraction of sp³-hybridized carbons (Fsp3) is 0.438. The van der Waals surface area contributed by atoms with Crippen molar-refractivity contribution in [2.45, 2.75) is 38.6 Å². The number of allylic oxidation sites excluding steroid dienone is 2. The molecule has 3 atom stereocenters. The van der Waals surface area contributed by atoms with Crippen molar-refractivity contribution in [3.63, 3.8) is 0 Å². The molecule has 0 aliphatic heterocycles. The summed E-state index contributed by atoms with van der Waals surface area (Å²) in [5.74, 6) is 0.566. The zero-order valence-electron chi connectivity index (χ0n) is 11.7. The van der Waals surface area contributed by atoms with Crippen molar-refractivity contribution in [2.24, 2.45) is 11.7 Å². The molecule has 0 amide bonds. The highest BCUT2D eigenvalue weighted by molar-refractivity contribution is 5.50. The third-order valence-corrected chi connectivity index (χ3v) is 4.63. The molecule has 0 aromatic carbocycles. The number of hydrogen-bond donors (Lipinski definition) is 2. The fourth-order valence-electron chi connectivity index (χ4n) is 3.83. The minimum Gasteiger partial charge on any atom is -0.326 e. The topological polar surface area (TPSA) is 58.9 Å². The van der Waals surface area contributed by atoms with Crippen LogP contribution in [0.1, 0.15) is 44.4 Å². The van der Waals surface area contributed by atoms with Gasteiger partial charge in [-0.25, -0.2) is 0 Å². The number of nitrogens with two attached hydrogens (primary N) is 1. The molecule has 0 radical (unpaired) electrons. The highest BCUT2D eigenvalue weighted by Gasteiger charge is 2.46. The molecule has 2 bridgehead atoms. The largest absolute Gasteiger partial charge is 0.326 e. The van der Waals surface area contributed by atoms with Gasteiger partial charge in [0.1, 0.15) is 0 Å². The number of aromatic amines is 1. The average molecular weight is 256 g/mol. The van der Waals surface area contributed by atoms with Crippen LogP contribution < -0.4 is 11.3 Å². The number of hydrogen-bond acceptors (Lipinski definition) is 2. The van der Waals surface area contributed by atoms with Crippen LogP contribution in [0.4, 0.5) is 0 Å². The van der Waals surface area contributed by atoms with Crippen molar-refractivity contribution in [1.82, 2.24) is 4.98 Å². The van der Waals surface area contributed by atoms with Gasteiger partial charge in [0.15, 0.2) is 0 Å². The Balaban J connectivity index is 2.34. The van der Waals surface area contributed by atoms with Gasteiger partial charge >= 0.3 is 0 Å². The van der Waals surface area contributed by atoms with E-state index in [1.807, 2.05) is 6.07 Å². The Hall–Kier alpha value is -1.61. The summed E-state index contributed by atoms with van der Waals surface area (Å²) >= 11 is 0. The molecule has 2 aliphatic rings. The standard InChI is InChI=1S/C16H20N2O/c1-4-12-11-7-9(2)8-16(12,17)13-5-6-14(19)18-15(13)10(11)3/h4-7,10-11H,8,17H2,1-3H3,(H,18,19)/t10-,11+,16-/m1/s1. The van der Waals surface area contributed by atoms with E-state index in [0.29, 0.717) is 5.92 Å². The molecular weight excluding hydrogens is 236 g/mol. The third kappa shape index (κ3) is 1.58. The maximum Gasteiger partial charge on any atom is 0.248 e. The first-order chi connectivity index (χ1) is 8.97. The Morgan fingerprint density at radius 1 is 1.47 bits per heavy atom. The molecule has 3 heteroatoms. The van der Waals surface area contributed by atoms with Gasteiger partial charge in [0.05, 0.1) is 5.54 Å². The fourth-order valence-corrected chi connectivity index (χ4v) is 3.83. The molecule has 0 saturated carbocycles. The average Bonchev–Trinajstić information content (AvgIpc) is 2.35. The molecule has 3 nitrogen and oxygen atoms in total. The van der Waals surface area contributed by atoms with Crippen LogP contribution in [0.25, 0.3) is 0 Å². The van der Waals surface area contributed by atoms with Gasteiger partial charge < -0.3 is 10.7 Å². The van der Waals surface area contributed by atoms with Gasteiger partial charge in [0, 0.05) is 23.6 Å². The summed E-state index contributed by atoms with van der Waals surface area (Å²) in [5.41, 5.74) is 10.9. The van der Waals surface area contributed by atoms with Gasteiger partial charge in [-0.3, -0.25) is 4.79 Å². The number of pyridine rings is 1. The van der Waals surface area contributed by atoms with Crippen molar-refractivity contribution < 1.29 is 0 Å². The van der Waals surface area contributed by atoms with E-state index in [1.54, 1.807) is 6.07 Å². The number of fused-ring (bicyclic) bond motifs is 4. The Morgan fingerprint density at radius 3 is 2.89 bits per heavy atom. The Morgan fingerprint density at radius 2 is 2.21 bits per heavy atom. The first-order valence-electron chi connectivity index (χ1n) is 6.84. The van der Waals surface area contributed by atoms with E-state index in [1.165, 1.54) is 11.1 Å². The van der Waals surface area contributed by atoms with Gasteiger partial charge in [0.25, 0.3) is 0 Å². The van der Waals surface area contributed by atoms with Gasteiger partial charge in [-0.15, -0.1) is 0 Å². The number of rotatable bonds is 0. The molecule has 1 aromatic heterocycles. The van der Waals surface area contributed by atoms with Gasteiger partial charge in [-0.05, 0) is 37.5 Å². The molecule has 2 aliphatic carbocycles. The van der Waals surface area contributed by atoms with Crippen LogP contribution in [-0.4, -0.2) is 4.98 Å². The molecule has 0 spiro atoms. The number of H-pyrrole nitrogens is 1. The SMILES string of the molecule is CC=C1[C@H]2C=C(C)C[C@]1(N)c1ccc(=O)[nH]c1[C@@H]2C. The zero-order chi connectivity index (χ0) is 13.8. The highest BCUT2D eigenvalue weighted by Crippen LogP contribution is 2.52. The minimum absolute atomic E-state index is 0.0445. The molecule has 0 saturated heterocycles. The van der Waals surface area contributed by atoms with Crippen molar-refractivity contribution in [2.75, 3.05) is 0 Å². The van der Waals surface area contributed by atoms with Gasteiger partial charge in [-0.2, -0.15) is 0 Å². The molecule has 100 valence electrons. The quantitative estimate of drug-likeness (QED) is 0.701. The monoisotopic (exact) mass is 256 g/mol. The maximum atomic E-state index is 11.6. The minimum atomic E-state index is -0.454. The summed E-state index contributed by atoms with van der Waals surface area (Å²) in [7, 11) is 0. The van der Waals surface area contributed by atoms with E-state index in [0.717, 1.165) is 17.7 Å². The van der Waals surface area contributed by atoms with Crippen molar-refractivity contribution in [1.29, 1.82) is 0 Å². The summed E-state index contributed by atoms with van der Waals surface area (Å²) in [6.45, 7) is 6.36. The Kier molecular flexibility index (Phi) is 2.58. The number of aromatic nitrogens is 1. The lowest BCUT2D eigenvalue weighted by Crippen LogP contribution is -2.49. The second-order valence-corrected chi connectivity index (χ2v) is 5.87. The third-order valence-electron chi connectivity index (χ3n) is 4.63. The summed E-state index contributed by atoms with van der Waals surface area (Å²) in [6, 6.07) is 3.49. The van der Waals surface area contributed by atoms with E-state index in [4.69, 9.17) is 5.73 Å². The lowest BCUT2D eigenvalue weighted by molar-refractivity contribution is 0.376. The lowest BCUT2D eigenvalue weighted by Gasteiger charge is -2.48. The molecule has 3 rings (SSSR count). The van der Waals surface area contributed by atoms with Crippen LogP contribution in [0.2, 0.25) is 0 Å². The van der Waals surface area contributed by atoms with Crippen molar-refractivity contribution in [3.05, 3.63) is 57.0 Å². The molecule has 19 heavy (non-hydrogen) atoms. The van der Waals surface area contributed by atoms with Crippen LogP contribution >= 0.6 is 0 Å². The normalized spacial score (nSPS) is 34.9. The molecule has 0 fully saturated rings. The maximum absolute atomic E-state index is 11.6. The van der Waals surface area contributed by atoms with Crippen LogP contribution in [0, 0.1) is 5.92 Å². The summed E-state index contributed by atoms with van der Waals surface area (Å²) < 4.78 is 0. The van der Waals surface area contributed by atoms with E-state index in [2.05, 4.69) is 37.9 Å². The first kappa shape index (κ1) is 12.4. The Labute approximate surface area is 113 Å². The van der Waals surface area contributed by atoms with Gasteiger partial charge in [0.2, 0.25) is 5.56 Å². The predicted octanol–water partition coefficient (Wildman–Crippen LogP) is 2.56. The van der Waals surface area contributed by atoms with E-state index < -0.39 is 5.54 Å². The molecule has 3 N–H and O–H groups in total. The summed E-state index contributed by atoms with van der Waals surface area (Å²) in [5, 5.41) is 0. The van der Waals surface area contributed by atoms with Crippen LogP contribution in [0.15, 0.2) is 40.2 Å². The smallest absolute Gasteiger partial charge is 0.248 e. The van der Waals surface area contributed by atoms with Crippen LogP contribution in [0.3, 0.4) is 0 Å². The second kappa shape index (κ2) is 3.94. The second-order valence-electron chi connectivity index (χ2n) is 5.87. The molecule has 1 heterocycles. The summed E-state index contributed by atoms with van der Waals surface area (Å²) in [4.78, 5) is 14.6. The van der Waals surface area contributed by atoms with Crippen LogP contribution in [-0.2, 0) is 5.54 Å². The van der Waals surface area contributed by atoms with E-state index >= 15 is 0 Å². The molecule has 1 aromatic rings. The van der Waals surface area contributed by atoms with Crippen molar-refractivity contribution >= 4 is 0 Å². The Bertz CT molecular complexity index is 653. The lowest BCUT2D eigenvalue weighted by atomic mass is 9.60. The van der Waals surface area contributed by atoms with Crippen molar-refractivity contribution in [3.8, 4) is 0 Å².